The summed E-state index contributed by atoms with van der Waals surface area (Å²) in [6.45, 7) is 1.27. The number of benzene rings is 3. The van der Waals surface area contributed by atoms with Crippen LogP contribution < -0.4 is 4.74 Å². The molecule has 0 bridgehead atoms. The van der Waals surface area contributed by atoms with E-state index in [1.807, 2.05) is 29.2 Å². The molecule has 3 aromatic carbocycles. The second-order valence-electron chi connectivity index (χ2n) is 8.33. The van der Waals surface area contributed by atoms with Crippen molar-refractivity contribution < 1.29 is 13.9 Å². The lowest BCUT2D eigenvalue weighted by molar-refractivity contribution is -0.128. The summed E-state index contributed by atoms with van der Waals surface area (Å²) in [5.74, 6) is 0.577. The number of ether oxygens (including phenoxy) is 1. The molecule has 0 aliphatic carbocycles. The van der Waals surface area contributed by atoms with E-state index in [0.29, 0.717) is 13.1 Å². The maximum Gasteiger partial charge on any atom is 0.246 e. The summed E-state index contributed by atoms with van der Waals surface area (Å²) >= 11 is 0. The number of amides is 1. The zero-order valence-corrected chi connectivity index (χ0v) is 17.7. The van der Waals surface area contributed by atoms with Crippen molar-refractivity contribution in [3.05, 3.63) is 102 Å². The number of rotatable bonds is 3. The van der Waals surface area contributed by atoms with Crippen LogP contribution in [-0.2, 0) is 4.79 Å². The molecule has 0 atom stereocenters. The Bertz CT molecular complexity index is 1170. The van der Waals surface area contributed by atoms with Gasteiger partial charge in [-0.3, -0.25) is 4.79 Å². The predicted molar refractivity (Wildman–Crippen MR) is 126 cm³/mol. The minimum absolute atomic E-state index is 0.0307. The molecule has 4 heteroatoms. The third-order valence-corrected chi connectivity index (χ3v) is 6.21. The summed E-state index contributed by atoms with van der Waals surface area (Å²) in [4.78, 5) is 14.4. The van der Waals surface area contributed by atoms with Crippen LogP contribution in [0.3, 0.4) is 0 Å². The zero-order valence-electron chi connectivity index (χ0n) is 17.7. The van der Waals surface area contributed by atoms with Crippen LogP contribution in [0.25, 0.3) is 23.3 Å². The van der Waals surface area contributed by atoms with E-state index in [2.05, 4.69) is 36.4 Å². The smallest absolute Gasteiger partial charge is 0.246 e. The van der Waals surface area contributed by atoms with Gasteiger partial charge in [-0.2, -0.15) is 0 Å². The lowest BCUT2D eigenvalue weighted by Gasteiger charge is -2.41. The van der Waals surface area contributed by atoms with Crippen LogP contribution in [0.1, 0.15) is 24.0 Å². The third kappa shape index (κ3) is 4.22. The van der Waals surface area contributed by atoms with Crippen molar-refractivity contribution in [2.45, 2.75) is 18.4 Å². The molecule has 2 aliphatic rings. The zero-order chi connectivity index (χ0) is 22.0. The van der Waals surface area contributed by atoms with E-state index in [4.69, 9.17) is 4.74 Å². The first-order valence-electron chi connectivity index (χ1n) is 10.9. The second kappa shape index (κ2) is 8.46. The quantitative estimate of drug-likeness (QED) is 0.484. The summed E-state index contributed by atoms with van der Waals surface area (Å²) in [5, 5.41) is 0. The molecule has 1 saturated heterocycles. The molecule has 3 aromatic rings. The first-order valence-corrected chi connectivity index (χ1v) is 10.9. The molecule has 5 rings (SSSR count). The van der Waals surface area contributed by atoms with E-state index >= 15 is 0 Å². The van der Waals surface area contributed by atoms with Gasteiger partial charge in [-0.1, -0.05) is 54.6 Å². The summed E-state index contributed by atoms with van der Waals surface area (Å²) in [7, 11) is 0. The van der Waals surface area contributed by atoms with Crippen LogP contribution >= 0.6 is 0 Å². The van der Waals surface area contributed by atoms with Gasteiger partial charge in [-0.05, 0) is 53.1 Å². The predicted octanol–water partition coefficient (Wildman–Crippen LogP) is 5.97. The van der Waals surface area contributed by atoms with Gasteiger partial charge in [0.1, 0.15) is 17.2 Å². The number of fused-ring (bicyclic) bond motifs is 1. The van der Waals surface area contributed by atoms with Crippen molar-refractivity contribution in [3.63, 3.8) is 0 Å². The maximum absolute atomic E-state index is 13.0. The van der Waals surface area contributed by atoms with Gasteiger partial charge in [0.15, 0.2) is 0 Å². The van der Waals surface area contributed by atoms with Crippen LogP contribution in [0.5, 0.6) is 5.75 Å². The highest BCUT2D eigenvalue weighted by molar-refractivity contribution is 5.91. The van der Waals surface area contributed by atoms with Gasteiger partial charge in [-0.25, -0.2) is 4.39 Å². The highest BCUT2D eigenvalue weighted by Gasteiger charge is 2.37. The van der Waals surface area contributed by atoms with Gasteiger partial charge in [0, 0.05) is 37.6 Å². The molecule has 0 saturated carbocycles. The SMILES string of the molecule is O=C(/C=C/c1ccc(F)cc1)N1CCC2(C=Cc3cc(-c4ccccc4)ccc3O2)CC1. The standard InChI is InChI=1S/C28H24FNO2/c29-25-10-6-21(7-11-25)8-13-27(31)30-18-16-28(17-19-30)15-14-24-20-23(9-12-26(24)32-28)22-4-2-1-3-5-22/h1-15,20H,16-19H2/b13-8+. The fraction of sp³-hybridized carbons (Fsp3) is 0.179. The van der Waals surface area contributed by atoms with Crippen molar-refractivity contribution in [3.8, 4) is 16.9 Å². The largest absolute Gasteiger partial charge is 0.482 e. The lowest BCUT2D eigenvalue weighted by atomic mass is 9.87. The van der Waals surface area contributed by atoms with E-state index in [0.717, 1.165) is 29.7 Å². The van der Waals surface area contributed by atoms with E-state index in [-0.39, 0.29) is 17.3 Å². The Labute approximate surface area is 187 Å². The van der Waals surface area contributed by atoms with Gasteiger partial charge >= 0.3 is 0 Å². The van der Waals surface area contributed by atoms with E-state index in [1.54, 1.807) is 24.3 Å². The number of hydrogen-bond acceptors (Lipinski definition) is 2. The van der Waals surface area contributed by atoms with Crippen molar-refractivity contribution in [2.75, 3.05) is 13.1 Å². The average Bonchev–Trinajstić information content (AvgIpc) is 2.84. The molecule has 1 spiro atoms. The van der Waals surface area contributed by atoms with Gasteiger partial charge in [0.2, 0.25) is 5.91 Å². The molecule has 0 unspecified atom stereocenters. The summed E-state index contributed by atoms with van der Waals surface area (Å²) in [6.07, 6.45) is 9.09. The fourth-order valence-electron chi connectivity index (χ4n) is 4.30. The molecule has 0 N–H and O–H groups in total. The Morgan fingerprint density at radius 1 is 0.938 bits per heavy atom. The van der Waals surface area contributed by atoms with Crippen molar-refractivity contribution in [1.29, 1.82) is 0 Å². The monoisotopic (exact) mass is 425 g/mol. The lowest BCUT2D eigenvalue weighted by Crippen LogP contribution is -2.49. The molecule has 3 nitrogen and oxygen atoms in total. The number of carbonyl (C=O) groups is 1. The summed E-state index contributed by atoms with van der Waals surface area (Å²) < 4.78 is 19.5. The Balaban J connectivity index is 1.23. The molecule has 0 radical (unpaired) electrons. The third-order valence-electron chi connectivity index (χ3n) is 6.21. The molecule has 1 amide bonds. The number of piperidine rings is 1. The highest BCUT2D eigenvalue weighted by atomic mass is 19.1. The van der Waals surface area contributed by atoms with Crippen LogP contribution in [0.15, 0.2) is 84.9 Å². The molecule has 2 heterocycles. The average molecular weight is 426 g/mol. The van der Waals surface area contributed by atoms with Crippen LogP contribution in [0.4, 0.5) is 4.39 Å². The molecular formula is C28H24FNO2. The topological polar surface area (TPSA) is 29.5 Å². The normalized spacial score (nSPS) is 16.7. The van der Waals surface area contributed by atoms with E-state index < -0.39 is 0 Å². The van der Waals surface area contributed by atoms with Gasteiger partial charge in [0.05, 0.1) is 0 Å². The Morgan fingerprint density at radius 3 is 2.44 bits per heavy atom. The number of hydrogen-bond donors (Lipinski definition) is 0. The minimum atomic E-state index is -0.362. The molecule has 32 heavy (non-hydrogen) atoms. The van der Waals surface area contributed by atoms with Crippen molar-refractivity contribution in [1.82, 2.24) is 4.90 Å². The van der Waals surface area contributed by atoms with Crippen molar-refractivity contribution in [2.24, 2.45) is 0 Å². The molecule has 2 aliphatic heterocycles. The van der Waals surface area contributed by atoms with Crippen LogP contribution in [0, 0.1) is 5.82 Å². The first kappa shape index (κ1) is 20.3. The molecule has 0 aromatic heterocycles. The molecule has 1 fully saturated rings. The Hall–Kier alpha value is -3.66. The van der Waals surface area contributed by atoms with Crippen LogP contribution in [0.2, 0.25) is 0 Å². The molecule has 160 valence electrons. The number of nitrogens with zero attached hydrogens (tertiary/aromatic N) is 1. The maximum atomic E-state index is 13.0. The summed E-state index contributed by atoms with van der Waals surface area (Å²) in [6, 6.07) is 22.7. The summed E-state index contributed by atoms with van der Waals surface area (Å²) in [5.41, 5.74) is 3.88. The highest BCUT2D eigenvalue weighted by Crippen LogP contribution is 2.38. The second-order valence-corrected chi connectivity index (χ2v) is 8.33. The van der Waals surface area contributed by atoms with Crippen molar-refractivity contribution >= 4 is 18.1 Å². The van der Waals surface area contributed by atoms with Crippen LogP contribution in [-0.4, -0.2) is 29.5 Å². The Kier molecular flexibility index (Phi) is 5.36. The van der Waals surface area contributed by atoms with Gasteiger partial charge in [0.25, 0.3) is 0 Å². The Morgan fingerprint density at radius 2 is 1.69 bits per heavy atom. The number of carbonyl (C=O) groups excluding carboxylic acids is 1. The van der Waals surface area contributed by atoms with E-state index in [9.17, 15) is 9.18 Å². The number of halogens is 1. The molecular weight excluding hydrogens is 401 g/mol. The van der Waals surface area contributed by atoms with Gasteiger partial charge < -0.3 is 9.64 Å². The first-order chi connectivity index (χ1) is 15.6. The van der Waals surface area contributed by atoms with Gasteiger partial charge in [-0.15, -0.1) is 0 Å². The number of likely N-dealkylation sites (tertiary alicyclic amines) is 1. The minimum Gasteiger partial charge on any atom is -0.482 e. The van der Waals surface area contributed by atoms with E-state index in [1.165, 1.54) is 23.3 Å². The fourth-order valence-corrected chi connectivity index (χ4v) is 4.30.